The van der Waals surface area contributed by atoms with Gasteiger partial charge < -0.3 is 15.8 Å². The first-order chi connectivity index (χ1) is 10.2. The molecule has 1 amide bonds. The van der Waals surface area contributed by atoms with Crippen LogP contribution in [0.1, 0.15) is 27.7 Å². The van der Waals surface area contributed by atoms with Crippen molar-refractivity contribution in [2.75, 3.05) is 18.9 Å². The predicted molar refractivity (Wildman–Crippen MR) is 79.2 cm³/mol. The lowest BCUT2D eigenvalue weighted by atomic mass is 9.97. The number of fused-ring (bicyclic) bond motifs is 1. The number of aromatic nitrogens is 2. The Morgan fingerprint density at radius 3 is 3.10 bits per heavy atom. The summed E-state index contributed by atoms with van der Waals surface area (Å²) in [7, 11) is 0. The summed E-state index contributed by atoms with van der Waals surface area (Å²) in [5.41, 5.74) is 8.03. The summed E-state index contributed by atoms with van der Waals surface area (Å²) >= 11 is 5.90. The molecule has 1 aromatic heterocycles. The van der Waals surface area contributed by atoms with Crippen molar-refractivity contribution in [1.82, 2.24) is 15.5 Å². The van der Waals surface area contributed by atoms with Crippen molar-refractivity contribution in [2.24, 2.45) is 0 Å². The van der Waals surface area contributed by atoms with Gasteiger partial charge in [0.1, 0.15) is 16.8 Å². The second kappa shape index (κ2) is 5.75. The predicted octanol–water partition coefficient (Wildman–Crippen LogP) is 1.69. The van der Waals surface area contributed by atoms with Crippen LogP contribution < -0.4 is 11.1 Å². The SMILES string of the molecule is Nc1n[nH]c(C(=O)NCC2OCCc3ccccc32)c1Cl. The van der Waals surface area contributed by atoms with Crippen LogP contribution in [0.4, 0.5) is 5.82 Å². The highest BCUT2D eigenvalue weighted by atomic mass is 35.5. The second-order valence-corrected chi connectivity index (χ2v) is 5.19. The first-order valence-electron chi connectivity index (χ1n) is 6.63. The van der Waals surface area contributed by atoms with Gasteiger partial charge in [0.2, 0.25) is 0 Å². The molecular formula is C14H15ClN4O2. The minimum Gasteiger partial charge on any atom is -0.381 e. The lowest BCUT2D eigenvalue weighted by Gasteiger charge is -2.26. The molecule has 7 heteroatoms. The summed E-state index contributed by atoms with van der Waals surface area (Å²) in [5, 5.41) is 9.14. The highest BCUT2D eigenvalue weighted by Gasteiger charge is 2.22. The summed E-state index contributed by atoms with van der Waals surface area (Å²) < 4.78 is 5.73. The van der Waals surface area contributed by atoms with E-state index in [1.807, 2.05) is 18.2 Å². The number of carbonyl (C=O) groups excluding carboxylic acids is 1. The van der Waals surface area contributed by atoms with Gasteiger partial charge in [-0.05, 0) is 17.5 Å². The van der Waals surface area contributed by atoms with Crippen LogP contribution in [-0.2, 0) is 11.2 Å². The Morgan fingerprint density at radius 1 is 1.52 bits per heavy atom. The number of nitrogens with one attached hydrogen (secondary N) is 2. The van der Waals surface area contributed by atoms with Crippen molar-refractivity contribution < 1.29 is 9.53 Å². The van der Waals surface area contributed by atoms with E-state index in [-0.39, 0.29) is 28.5 Å². The summed E-state index contributed by atoms with van der Waals surface area (Å²) in [4.78, 5) is 12.1. The van der Waals surface area contributed by atoms with Gasteiger partial charge in [0.15, 0.2) is 5.82 Å². The summed E-state index contributed by atoms with van der Waals surface area (Å²) in [5.74, 6) is -0.239. The van der Waals surface area contributed by atoms with Crippen LogP contribution in [0.5, 0.6) is 0 Å². The summed E-state index contributed by atoms with van der Waals surface area (Å²) in [6.45, 7) is 1.01. The first kappa shape index (κ1) is 13.9. The van der Waals surface area contributed by atoms with Crippen LogP contribution in [0.15, 0.2) is 24.3 Å². The van der Waals surface area contributed by atoms with Gasteiger partial charge in [0.05, 0.1) is 6.61 Å². The van der Waals surface area contributed by atoms with E-state index in [1.54, 1.807) is 0 Å². The van der Waals surface area contributed by atoms with E-state index in [1.165, 1.54) is 5.56 Å². The fourth-order valence-corrected chi connectivity index (χ4v) is 2.58. The Kier molecular flexibility index (Phi) is 3.81. The average Bonchev–Trinajstić information content (AvgIpc) is 2.84. The Labute approximate surface area is 126 Å². The van der Waals surface area contributed by atoms with Crippen molar-refractivity contribution in [3.63, 3.8) is 0 Å². The molecular weight excluding hydrogens is 292 g/mol. The number of carbonyl (C=O) groups is 1. The Balaban J connectivity index is 1.69. The van der Waals surface area contributed by atoms with Gasteiger partial charge >= 0.3 is 0 Å². The fraction of sp³-hybridized carbons (Fsp3) is 0.286. The molecule has 110 valence electrons. The fourth-order valence-electron chi connectivity index (χ4n) is 2.41. The molecule has 6 nitrogen and oxygen atoms in total. The lowest BCUT2D eigenvalue weighted by molar-refractivity contribution is 0.0411. The third kappa shape index (κ3) is 2.72. The Bertz CT molecular complexity index is 671. The van der Waals surface area contributed by atoms with E-state index in [4.69, 9.17) is 22.1 Å². The first-order valence-corrected chi connectivity index (χ1v) is 7.01. The van der Waals surface area contributed by atoms with Gasteiger partial charge in [-0.3, -0.25) is 9.89 Å². The molecule has 2 heterocycles. The molecule has 0 saturated heterocycles. The number of amides is 1. The maximum atomic E-state index is 12.1. The molecule has 1 unspecified atom stereocenters. The van der Waals surface area contributed by atoms with Gasteiger partial charge in [-0.15, -0.1) is 0 Å². The Morgan fingerprint density at radius 2 is 2.33 bits per heavy atom. The number of nitrogens with zero attached hydrogens (tertiary/aromatic N) is 1. The maximum Gasteiger partial charge on any atom is 0.271 e. The molecule has 1 atom stereocenters. The topological polar surface area (TPSA) is 93.0 Å². The molecule has 0 fully saturated rings. The normalized spacial score (nSPS) is 17.3. The molecule has 0 aliphatic carbocycles. The van der Waals surface area contributed by atoms with Gasteiger partial charge in [0, 0.05) is 6.54 Å². The molecule has 1 aliphatic heterocycles. The van der Waals surface area contributed by atoms with Crippen LogP contribution >= 0.6 is 11.6 Å². The number of aromatic amines is 1. The molecule has 0 radical (unpaired) electrons. The number of H-pyrrole nitrogens is 1. The number of nitrogens with two attached hydrogens (primary N) is 1. The summed E-state index contributed by atoms with van der Waals surface area (Å²) in [6, 6.07) is 8.08. The molecule has 0 saturated carbocycles. The van der Waals surface area contributed by atoms with Crippen LogP contribution in [0.2, 0.25) is 5.02 Å². The third-order valence-electron chi connectivity index (χ3n) is 3.50. The number of anilines is 1. The van der Waals surface area contributed by atoms with Gasteiger partial charge in [0.25, 0.3) is 5.91 Å². The van der Waals surface area contributed by atoms with Crippen molar-refractivity contribution in [1.29, 1.82) is 0 Å². The van der Waals surface area contributed by atoms with Crippen molar-refractivity contribution in [3.8, 4) is 0 Å². The minimum atomic E-state index is -0.351. The van der Waals surface area contributed by atoms with E-state index >= 15 is 0 Å². The average molecular weight is 307 g/mol. The van der Waals surface area contributed by atoms with E-state index in [2.05, 4.69) is 21.6 Å². The molecule has 1 aromatic carbocycles. The van der Waals surface area contributed by atoms with Crippen LogP contribution in [-0.4, -0.2) is 29.3 Å². The number of benzene rings is 1. The van der Waals surface area contributed by atoms with Crippen LogP contribution in [0, 0.1) is 0 Å². The molecule has 2 aromatic rings. The van der Waals surface area contributed by atoms with Crippen molar-refractivity contribution in [2.45, 2.75) is 12.5 Å². The molecule has 1 aliphatic rings. The Hall–Kier alpha value is -2.05. The highest BCUT2D eigenvalue weighted by Crippen LogP contribution is 2.26. The second-order valence-electron chi connectivity index (χ2n) is 4.82. The van der Waals surface area contributed by atoms with E-state index < -0.39 is 0 Å². The van der Waals surface area contributed by atoms with Crippen LogP contribution in [0.25, 0.3) is 0 Å². The van der Waals surface area contributed by atoms with Crippen LogP contribution in [0.3, 0.4) is 0 Å². The zero-order chi connectivity index (χ0) is 14.8. The summed E-state index contributed by atoms with van der Waals surface area (Å²) in [6.07, 6.45) is 0.738. The van der Waals surface area contributed by atoms with E-state index in [9.17, 15) is 4.79 Å². The number of nitrogen functional groups attached to an aromatic ring is 1. The zero-order valence-corrected chi connectivity index (χ0v) is 12.0. The zero-order valence-electron chi connectivity index (χ0n) is 11.2. The van der Waals surface area contributed by atoms with Crippen molar-refractivity contribution in [3.05, 3.63) is 46.1 Å². The molecule has 0 bridgehead atoms. The molecule has 3 rings (SSSR count). The standard InChI is InChI=1S/C14H15ClN4O2/c15-11-12(18-19-13(11)16)14(20)17-7-10-9-4-2-1-3-8(9)5-6-21-10/h1-4,10H,5-7H2,(H,17,20)(H3,16,18,19). The number of halogens is 1. The largest absolute Gasteiger partial charge is 0.381 e. The quantitative estimate of drug-likeness (QED) is 0.804. The lowest BCUT2D eigenvalue weighted by Crippen LogP contribution is -2.32. The molecule has 21 heavy (non-hydrogen) atoms. The van der Waals surface area contributed by atoms with Crippen molar-refractivity contribution >= 4 is 23.3 Å². The maximum absolute atomic E-state index is 12.1. The number of hydrogen-bond donors (Lipinski definition) is 3. The van der Waals surface area contributed by atoms with Gasteiger partial charge in [-0.1, -0.05) is 35.9 Å². The minimum absolute atomic E-state index is 0.112. The number of hydrogen-bond acceptors (Lipinski definition) is 4. The highest BCUT2D eigenvalue weighted by molar-refractivity contribution is 6.35. The molecule has 4 N–H and O–H groups in total. The van der Waals surface area contributed by atoms with Gasteiger partial charge in [-0.25, -0.2) is 0 Å². The monoisotopic (exact) mass is 306 g/mol. The third-order valence-corrected chi connectivity index (χ3v) is 3.88. The molecule has 0 spiro atoms. The van der Waals surface area contributed by atoms with E-state index in [0.717, 1.165) is 12.0 Å². The number of ether oxygens (including phenoxy) is 1. The van der Waals surface area contributed by atoms with Gasteiger partial charge in [-0.2, -0.15) is 5.10 Å². The van der Waals surface area contributed by atoms with E-state index in [0.29, 0.717) is 13.2 Å². The smallest absolute Gasteiger partial charge is 0.271 e. The number of rotatable bonds is 3.